The summed E-state index contributed by atoms with van der Waals surface area (Å²) in [7, 11) is 0. The summed E-state index contributed by atoms with van der Waals surface area (Å²) in [6, 6.07) is 3.43. The number of ether oxygens (including phenoxy) is 2. The molecule has 0 bridgehead atoms. The van der Waals surface area contributed by atoms with Crippen molar-refractivity contribution in [3.8, 4) is 0 Å². The SMILES string of the molecule is FC(F)(F)C1C=C(c2cccnc2)N(C2OCCO2)CC1. The molecule has 7 heteroatoms. The van der Waals surface area contributed by atoms with Gasteiger partial charge in [0.2, 0.25) is 6.41 Å². The largest absolute Gasteiger partial charge is 0.395 e. The van der Waals surface area contributed by atoms with Crippen LogP contribution in [0.5, 0.6) is 0 Å². The van der Waals surface area contributed by atoms with Gasteiger partial charge < -0.3 is 14.4 Å². The van der Waals surface area contributed by atoms with Crippen LogP contribution in [-0.4, -0.2) is 42.2 Å². The van der Waals surface area contributed by atoms with Gasteiger partial charge in [0.1, 0.15) is 0 Å². The number of hydrogen-bond acceptors (Lipinski definition) is 4. The van der Waals surface area contributed by atoms with Crippen molar-refractivity contribution in [2.24, 2.45) is 5.92 Å². The lowest BCUT2D eigenvalue weighted by atomic mass is 9.96. The minimum atomic E-state index is -4.24. The minimum absolute atomic E-state index is 0.00349. The summed E-state index contributed by atoms with van der Waals surface area (Å²) in [6.45, 7) is 1.13. The first-order valence-corrected chi connectivity index (χ1v) is 6.74. The normalized spacial score (nSPS) is 24.2. The Kier molecular flexibility index (Phi) is 3.86. The van der Waals surface area contributed by atoms with Crippen molar-refractivity contribution in [2.45, 2.75) is 19.0 Å². The van der Waals surface area contributed by atoms with Crippen molar-refractivity contribution in [1.82, 2.24) is 9.88 Å². The minimum Gasteiger partial charge on any atom is -0.333 e. The van der Waals surface area contributed by atoms with E-state index in [9.17, 15) is 13.2 Å². The molecule has 0 spiro atoms. The van der Waals surface area contributed by atoms with E-state index in [0.717, 1.165) is 0 Å². The van der Waals surface area contributed by atoms with Crippen LogP contribution >= 0.6 is 0 Å². The summed E-state index contributed by atoms with van der Waals surface area (Å²) in [5.41, 5.74) is 1.09. The third-order valence-electron chi connectivity index (χ3n) is 3.59. The zero-order chi connectivity index (χ0) is 14.9. The van der Waals surface area contributed by atoms with Crippen molar-refractivity contribution < 1.29 is 22.6 Å². The lowest BCUT2D eigenvalue weighted by Crippen LogP contribution is -2.41. The molecule has 1 saturated heterocycles. The molecular formula is C14H15F3N2O2. The van der Waals surface area contributed by atoms with Crippen LogP contribution in [0.1, 0.15) is 12.0 Å². The van der Waals surface area contributed by atoms with Gasteiger partial charge in [-0.3, -0.25) is 4.98 Å². The summed E-state index contributed by atoms with van der Waals surface area (Å²) in [6.07, 6.45) is -0.488. The van der Waals surface area contributed by atoms with Crippen LogP contribution in [0.4, 0.5) is 13.2 Å². The van der Waals surface area contributed by atoms with E-state index in [1.807, 2.05) is 0 Å². The molecule has 4 nitrogen and oxygen atoms in total. The van der Waals surface area contributed by atoms with E-state index in [-0.39, 0.29) is 13.0 Å². The van der Waals surface area contributed by atoms with Gasteiger partial charge in [0.05, 0.1) is 19.1 Å². The Morgan fingerprint density at radius 2 is 2.00 bits per heavy atom. The lowest BCUT2D eigenvalue weighted by Gasteiger charge is -2.37. The fourth-order valence-electron chi connectivity index (χ4n) is 2.55. The second kappa shape index (κ2) is 5.65. The maximum atomic E-state index is 13.0. The maximum Gasteiger partial charge on any atom is 0.395 e. The summed E-state index contributed by atoms with van der Waals surface area (Å²) in [5, 5.41) is 0. The van der Waals surface area contributed by atoms with Gasteiger partial charge >= 0.3 is 6.18 Å². The number of nitrogens with zero attached hydrogens (tertiary/aromatic N) is 2. The summed E-state index contributed by atoms with van der Waals surface area (Å²) < 4.78 is 49.8. The molecule has 2 aliphatic heterocycles. The summed E-state index contributed by atoms with van der Waals surface area (Å²) in [5.74, 6) is -1.45. The highest BCUT2D eigenvalue weighted by Gasteiger charge is 2.42. The molecule has 0 saturated carbocycles. The zero-order valence-electron chi connectivity index (χ0n) is 11.2. The van der Waals surface area contributed by atoms with Gasteiger partial charge in [0.25, 0.3) is 0 Å². The quantitative estimate of drug-likeness (QED) is 0.841. The topological polar surface area (TPSA) is 34.6 Å². The van der Waals surface area contributed by atoms with Crippen molar-refractivity contribution in [2.75, 3.05) is 19.8 Å². The van der Waals surface area contributed by atoms with E-state index in [1.54, 1.807) is 29.4 Å². The number of halogens is 3. The number of rotatable bonds is 2. The molecule has 0 N–H and O–H groups in total. The molecule has 0 aliphatic carbocycles. The number of allylic oxidation sites excluding steroid dienone is 1. The fourth-order valence-corrected chi connectivity index (χ4v) is 2.55. The van der Waals surface area contributed by atoms with Crippen LogP contribution in [0.25, 0.3) is 5.70 Å². The smallest absolute Gasteiger partial charge is 0.333 e. The molecule has 2 aliphatic rings. The molecule has 0 aromatic carbocycles. The standard InChI is InChI=1S/C14H15F3N2O2/c15-14(16,17)11-3-5-19(13-20-6-7-21-13)12(8-11)10-2-1-4-18-9-10/h1-2,4,8-9,11,13H,3,5-7H2. The summed E-state index contributed by atoms with van der Waals surface area (Å²) >= 11 is 0. The van der Waals surface area contributed by atoms with Crippen LogP contribution < -0.4 is 0 Å². The van der Waals surface area contributed by atoms with E-state index in [0.29, 0.717) is 24.5 Å². The fraction of sp³-hybridized carbons (Fsp3) is 0.500. The molecule has 0 amide bonds. The van der Waals surface area contributed by atoms with E-state index in [2.05, 4.69) is 4.98 Å². The second-order valence-corrected chi connectivity index (χ2v) is 4.97. The maximum absolute atomic E-state index is 13.0. The monoisotopic (exact) mass is 300 g/mol. The van der Waals surface area contributed by atoms with Gasteiger partial charge in [0.15, 0.2) is 0 Å². The molecule has 1 atom stereocenters. The first kappa shape index (κ1) is 14.3. The van der Waals surface area contributed by atoms with Gasteiger partial charge in [-0.2, -0.15) is 13.2 Å². The van der Waals surface area contributed by atoms with Gasteiger partial charge in [-0.15, -0.1) is 0 Å². The highest BCUT2D eigenvalue weighted by Crippen LogP contribution is 2.38. The molecule has 1 aromatic rings. The Hall–Kier alpha value is -1.60. The Labute approximate surface area is 120 Å². The molecule has 3 rings (SSSR count). The predicted molar refractivity (Wildman–Crippen MR) is 68.8 cm³/mol. The molecule has 1 fully saturated rings. The molecule has 114 valence electrons. The lowest BCUT2D eigenvalue weighted by molar-refractivity contribution is -0.173. The molecule has 1 unspecified atom stereocenters. The van der Waals surface area contributed by atoms with Crippen molar-refractivity contribution in [3.05, 3.63) is 36.2 Å². The van der Waals surface area contributed by atoms with Gasteiger partial charge in [0, 0.05) is 30.2 Å². The zero-order valence-corrected chi connectivity index (χ0v) is 11.2. The third kappa shape index (κ3) is 3.03. The highest BCUT2D eigenvalue weighted by molar-refractivity contribution is 5.64. The Balaban J connectivity index is 1.94. The van der Waals surface area contributed by atoms with Crippen LogP contribution in [0, 0.1) is 5.92 Å². The van der Waals surface area contributed by atoms with Crippen molar-refractivity contribution >= 4 is 5.70 Å². The van der Waals surface area contributed by atoms with Crippen molar-refractivity contribution in [1.29, 1.82) is 0 Å². The number of pyridine rings is 1. The average Bonchev–Trinajstić information content (AvgIpc) is 3.01. The molecule has 1 aromatic heterocycles. The van der Waals surface area contributed by atoms with E-state index in [4.69, 9.17) is 9.47 Å². The van der Waals surface area contributed by atoms with Gasteiger partial charge in [-0.25, -0.2) is 0 Å². The Morgan fingerprint density at radius 1 is 1.24 bits per heavy atom. The van der Waals surface area contributed by atoms with Crippen LogP contribution in [0.3, 0.4) is 0 Å². The number of alkyl halides is 3. The van der Waals surface area contributed by atoms with Crippen molar-refractivity contribution in [3.63, 3.8) is 0 Å². The first-order chi connectivity index (χ1) is 10.1. The highest BCUT2D eigenvalue weighted by atomic mass is 19.4. The molecule has 0 radical (unpaired) electrons. The number of hydrogen-bond donors (Lipinski definition) is 0. The third-order valence-corrected chi connectivity index (χ3v) is 3.59. The Morgan fingerprint density at radius 3 is 2.62 bits per heavy atom. The number of aromatic nitrogens is 1. The van der Waals surface area contributed by atoms with Gasteiger partial charge in [-0.1, -0.05) is 0 Å². The van der Waals surface area contributed by atoms with Gasteiger partial charge in [-0.05, 0) is 24.6 Å². The predicted octanol–water partition coefficient (Wildman–Crippen LogP) is 2.64. The van der Waals surface area contributed by atoms with Crippen LogP contribution in [0.15, 0.2) is 30.6 Å². The first-order valence-electron chi connectivity index (χ1n) is 6.74. The second-order valence-electron chi connectivity index (χ2n) is 4.97. The summed E-state index contributed by atoms with van der Waals surface area (Å²) in [4.78, 5) is 5.71. The van der Waals surface area contributed by atoms with E-state index < -0.39 is 18.5 Å². The van der Waals surface area contributed by atoms with Crippen LogP contribution in [0.2, 0.25) is 0 Å². The van der Waals surface area contributed by atoms with E-state index in [1.165, 1.54) is 6.08 Å². The van der Waals surface area contributed by atoms with E-state index >= 15 is 0 Å². The average molecular weight is 300 g/mol. The van der Waals surface area contributed by atoms with Crippen LogP contribution in [-0.2, 0) is 9.47 Å². The molecule has 3 heterocycles. The molecule has 21 heavy (non-hydrogen) atoms. The Bertz CT molecular complexity index is 513. The molecular weight excluding hydrogens is 285 g/mol.